The molecule has 0 aliphatic rings. The smallest absolute Gasteiger partial charge is 1.00 e. The van der Waals surface area contributed by atoms with Crippen molar-refractivity contribution in [3.8, 4) is 0 Å². The van der Waals surface area contributed by atoms with Gasteiger partial charge in [0.05, 0.1) is 0 Å². The molecule has 3 heteroatoms. The van der Waals surface area contributed by atoms with Crippen molar-refractivity contribution in [3.05, 3.63) is 107 Å². The van der Waals surface area contributed by atoms with E-state index in [4.69, 9.17) is 0 Å². The first-order valence-corrected chi connectivity index (χ1v) is 9.32. The van der Waals surface area contributed by atoms with Crippen LogP contribution in [0, 0.1) is 6.07 Å². The van der Waals surface area contributed by atoms with Gasteiger partial charge in [0.25, 0.3) is 0 Å². The van der Waals surface area contributed by atoms with E-state index in [2.05, 4.69) is 111 Å². The van der Waals surface area contributed by atoms with Crippen molar-refractivity contribution in [2.75, 3.05) is 0 Å². The Hall–Kier alpha value is -1.13. The first-order chi connectivity index (χ1) is 12.5. The van der Waals surface area contributed by atoms with Gasteiger partial charge in [-0.3, -0.25) is 4.90 Å². The van der Waals surface area contributed by atoms with Crippen LogP contribution in [0.1, 0.15) is 43.0 Å². The number of hydrogen-bond donors (Lipinski definition) is 0. The molecule has 142 valence electrons. The van der Waals surface area contributed by atoms with Crippen molar-refractivity contribution in [2.24, 2.45) is 0 Å². The second kappa shape index (κ2) is 11.8. The van der Waals surface area contributed by atoms with Gasteiger partial charge in [-0.1, -0.05) is 81.4 Å². The normalized spacial score (nSPS) is 10.9. The maximum absolute atomic E-state index is 3.64. The average Bonchev–Trinajstić information content (AvgIpc) is 2.63. The summed E-state index contributed by atoms with van der Waals surface area (Å²) in [5.74, 6) is 0. The Morgan fingerprint density at radius 1 is 0.679 bits per heavy atom. The molecule has 3 aromatic rings. The van der Waals surface area contributed by atoms with Gasteiger partial charge in [-0.2, -0.15) is 29.8 Å². The van der Waals surface area contributed by atoms with Crippen LogP contribution in [0.25, 0.3) is 0 Å². The van der Waals surface area contributed by atoms with Crippen molar-refractivity contribution in [3.63, 3.8) is 0 Å². The quantitative estimate of drug-likeness (QED) is 0.416. The Bertz CT molecular complexity index is 771. The Kier molecular flexibility index (Phi) is 10.5. The minimum atomic E-state index is 0. The van der Waals surface area contributed by atoms with E-state index in [0.717, 1.165) is 19.6 Å². The summed E-state index contributed by atoms with van der Waals surface area (Å²) in [7, 11) is 0. The summed E-state index contributed by atoms with van der Waals surface area (Å²) in [6.45, 7) is 9.50. The third-order valence-corrected chi connectivity index (χ3v) is 4.56. The predicted octanol–water partition coefficient (Wildman–Crippen LogP) is 2.61. The number of nitrogens with zero attached hydrogens (tertiary/aromatic N) is 1. The second-order valence-electron chi connectivity index (χ2n) is 7.96. The summed E-state index contributed by atoms with van der Waals surface area (Å²) >= 11 is 0. The topological polar surface area (TPSA) is 3.24 Å². The van der Waals surface area contributed by atoms with Gasteiger partial charge >= 0.3 is 23.1 Å². The van der Waals surface area contributed by atoms with E-state index in [-0.39, 0.29) is 45.4 Å². The van der Waals surface area contributed by atoms with E-state index < -0.39 is 0 Å². The number of hydrogen-bond acceptors (Lipinski definition) is 1. The van der Waals surface area contributed by atoms with Crippen LogP contribution < -0.4 is 17.0 Å². The van der Waals surface area contributed by atoms with Crippen LogP contribution >= 0.6 is 0 Å². The summed E-state index contributed by atoms with van der Waals surface area (Å²) in [6.07, 6.45) is 0. The molecule has 0 fully saturated rings. The fraction of sp³-hybridized carbons (Fsp3) is 0.280. The molecule has 0 heterocycles. The second-order valence-corrected chi connectivity index (χ2v) is 7.96. The summed E-state index contributed by atoms with van der Waals surface area (Å²) in [5, 5.41) is 0. The molecule has 0 atom stereocenters. The standard InChI is InChI=1S/C25H28N.BrH.Mg/c1-25(2,3)24-16-10-15-23(17-24)20-26(18-21-11-6-4-7-12-21)19-22-13-8-5-9-14-22;;/h4-16H,18-20H2,1-3H3;1H;/q-1;;+2/p-1. The molecule has 0 bridgehead atoms. The van der Waals surface area contributed by atoms with Gasteiger partial charge in [0.2, 0.25) is 0 Å². The Labute approximate surface area is 197 Å². The van der Waals surface area contributed by atoms with Crippen LogP contribution in [0.4, 0.5) is 0 Å². The van der Waals surface area contributed by atoms with Crippen LogP contribution in [0.3, 0.4) is 0 Å². The van der Waals surface area contributed by atoms with Crippen molar-refractivity contribution in [2.45, 2.75) is 45.8 Å². The molecule has 3 aromatic carbocycles. The molecule has 28 heavy (non-hydrogen) atoms. The van der Waals surface area contributed by atoms with Gasteiger partial charge < -0.3 is 17.0 Å². The summed E-state index contributed by atoms with van der Waals surface area (Å²) in [4.78, 5) is 2.49. The molecule has 0 aliphatic heterocycles. The van der Waals surface area contributed by atoms with Gasteiger partial charge in [0.1, 0.15) is 0 Å². The number of halogens is 1. The first-order valence-electron chi connectivity index (χ1n) is 9.32. The zero-order chi connectivity index (χ0) is 18.4. The van der Waals surface area contributed by atoms with E-state index in [1.165, 1.54) is 22.3 Å². The number of benzene rings is 3. The molecule has 0 radical (unpaired) electrons. The fourth-order valence-electron chi connectivity index (χ4n) is 3.14. The van der Waals surface area contributed by atoms with E-state index in [9.17, 15) is 0 Å². The molecule has 0 amide bonds. The summed E-state index contributed by atoms with van der Waals surface area (Å²) in [5.41, 5.74) is 5.34. The molecular weight excluding hydrogens is 418 g/mol. The largest absolute Gasteiger partial charge is 2.00 e. The molecule has 0 aliphatic carbocycles. The average molecular weight is 447 g/mol. The Balaban J connectivity index is 0.00000196. The van der Waals surface area contributed by atoms with Crippen LogP contribution in [0.5, 0.6) is 0 Å². The zero-order valence-corrected chi connectivity index (χ0v) is 20.2. The zero-order valence-electron chi connectivity index (χ0n) is 17.2. The predicted molar refractivity (Wildman–Crippen MR) is 116 cm³/mol. The van der Waals surface area contributed by atoms with Crippen molar-refractivity contribution in [1.82, 2.24) is 4.90 Å². The monoisotopic (exact) mass is 445 g/mol. The molecule has 0 unspecified atom stereocenters. The van der Waals surface area contributed by atoms with Crippen LogP contribution in [0.15, 0.2) is 78.9 Å². The molecule has 0 saturated heterocycles. The van der Waals surface area contributed by atoms with Gasteiger partial charge in [-0.05, 0) is 16.5 Å². The van der Waals surface area contributed by atoms with Gasteiger partial charge in [0, 0.05) is 19.6 Å². The van der Waals surface area contributed by atoms with Crippen LogP contribution in [0.2, 0.25) is 0 Å². The van der Waals surface area contributed by atoms with E-state index in [0.29, 0.717) is 0 Å². The fourth-order valence-corrected chi connectivity index (χ4v) is 3.14. The van der Waals surface area contributed by atoms with Crippen LogP contribution in [-0.2, 0) is 25.0 Å². The molecule has 0 saturated carbocycles. The molecule has 0 spiro atoms. The Morgan fingerprint density at radius 2 is 1.18 bits per heavy atom. The van der Waals surface area contributed by atoms with Crippen molar-refractivity contribution < 1.29 is 17.0 Å². The van der Waals surface area contributed by atoms with Gasteiger partial charge in [0.15, 0.2) is 0 Å². The van der Waals surface area contributed by atoms with E-state index in [1.807, 2.05) is 0 Å². The van der Waals surface area contributed by atoms with E-state index >= 15 is 0 Å². The van der Waals surface area contributed by atoms with Gasteiger partial charge in [-0.25, -0.2) is 0 Å². The summed E-state index contributed by atoms with van der Waals surface area (Å²) in [6, 6.07) is 31.6. The van der Waals surface area contributed by atoms with Crippen molar-refractivity contribution in [1.29, 1.82) is 0 Å². The third-order valence-electron chi connectivity index (χ3n) is 4.56. The first kappa shape index (κ1) is 24.9. The van der Waals surface area contributed by atoms with E-state index in [1.54, 1.807) is 0 Å². The molecule has 0 aromatic heterocycles. The molecule has 1 nitrogen and oxygen atoms in total. The summed E-state index contributed by atoms with van der Waals surface area (Å²) < 4.78 is 0. The van der Waals surface area contributed by atoms with Gasteiger partial charge in [-0.15, -0.1) is 5.56 Å². The third kappa shape index (κ3) is 7.71. The Morgan fingerprint density at radius 3 is 1.64 bits per heavy atom. The SMILES string of the molecule is CC(C)(C)c1[c-]c(CN(Cc2ccccc2)Cc2ccccc2)ccc1.[Br-].[Mg+2]. The number of rotatable bonds is 6. The maximum atomic E-state index is 3.64. The molecule has 3 rings (SSSR count). The van der Waals surface area contributed by atoms with Crippen molar-refractivity contribution >= 4 is 23.1 Å². The maximum Gasteiger partial charge on any atom is 2.00 e. The minimum Gasteiger partial charge on any atom is -1.00 e. The minimum absolute atomic E-state index is 0. The van der Waals surface area contributed by atoms with Crippen LogP contribution in [-0.4, -0.2) is 28.0 Å². The molecular formula is C25H28BrMgN. The molecule has 0 N–H and O–H groups in total.